The van der Waals surface area contributed by atoms with E-state index in [1.54, 1.807) is 23.0 Å². The van der Waals surface area contributed by atoms with Gasteiger partial charge in [-0.15, -0.1) is 11.3 Å². The second-order valence-corrected chi connectivity index (χ2v) is 8.66. The van der Waals surface area contributed by atoms with Crippen LogP contribution in [0.5, 0.6) is 0 Å². The van der Waals surface area contributed by atoms with Gasteiger partial charge in [0.1, 0.15) is 5.56 Å². The van der Waals surface area contributed by atoms with E-state index in [2.05, 4.69) is 15.4 Å². The van der Waals surface area contributed by atoms with Crippen molar-refractivity contribution in [1.29, 1.82) is 0 Å². The van der Waals surface area contributed by atoms with Gasteiger partial charge in [-0.05, 0) is 37.5 Å². The summed E-state index contributed by atoms with van der Waals surface area (Å²) in [6.07, 6.45) is 6.44. The van der Waals surface area contributed by atoms with Crippen molar-refractivity contribution in [2.45, 2.75) is 32.1 Å². The molecule has 0 atom stereocenters. The summed E-state index contributed by atoms with van der Waals surface area (Å²) in [7, 11) is 0. The molecule has 1 aliphatic carbocycles. The molecule has 1 N–H and O–H groups in total. The first kappa shape index (κ1) is 18.3. The van der Waals surface area contributed by atoms with Crippen LogP contribution in [0, 0.1) is 6.92 Å². The first-order valence-corrected chi connectivity index (χ1v) is 10.6. The van der Waals surface area contributed by atoms with Crippen LogP contribution in [-0.2, 0) is 6.42 Å². The van der Waals surface area contributed by atoms with Gasteiger partial charge in [0, 0.05) is 34.6 Å². The maximum atomic E-state index is 13.0. The molecule has 4 aromatic rings. The molecule has 1 aliphatic rings. The maximum Gasteiger partial charge on any atom is 0.263 e. The normalized spacial score (nSPS) is 13.7. The van der Waals surface area contributed by atoms with E-state index in [-0.39, 0.29) is 5.91 Å². The van der Waals surface area contributed by atoms with Crippen LogP contribution in [0.15, 0.2) is 42.7 Å². The van der Waals surface area contributed by atoms with Crippen molar-refractivity contribution in [3.63, 3.8) is 0 Å². The minimum absolute atomic E-state index is 0.239. The number of fused-ring (bicyclic) bond motifs is 1. The number of carbonyl (C=O) groups excluding carboxylic acids is 1. The predicted octanol–water partition coefficient (Wildman–Crippen LogP) is 4.87. The van der Waals surface area contributed by atoms with E-state index in [9.17, 15) is 4.79 Å². The summed E-state index contributed by atoms with van der Waals surface area (Å²) in [5.74, 6) is 0.242. The third-order valence-corrected chi connectivity index (χ3v) is 6.37. The fourth-order valence-electron chi connectivity index (χ4n) is 3.46. The van der Waals surface area contributed by atoms with E-state index in [4.69, 9.17) is 16.6 Å². The summed E-state index contributed by atoms with van der Waals surface area (Å²) in [5.41, 5.74) is 3.80. The van der Waals surface area contributed by atoms with E-state index in [0.29, 0.717) is 28.0 Å². The number of nitrogens with zero attached hydrogens (tertiary/aromatic N) is 4. The molecule has 29 heavy (non-hydrogen) atoms. The standard InChI is InChI=1S/C21H18ClN5OS/c1-12-17(19-23-9-4-10-27(19)26-12)20(28)25-21-24-18(13-7-8-13)16(29-21)11-14-5-2-3-6-15(14)22/h2-6,9-10,13H,7-8,11H2,1H3,(H,24,25,28). The zero-order valence-electron chi connectivity index (χ0n) is 15.7. The zero-order chi connectivity index (χ0) is 20.0. The monoisotopic (exact) mass is 423 g/mol. The average molecular weight is 424 g/mol. The summed E-state index contributed by atoms with van der Waals surface area (Å²) in [4.78, 5) is 23.2. The molecule has 146 valence electrons. The highest BCUT2D eigenvalue weighted by molar-refractivity contribution is 7.16. The van der Waals surface area contributed by atoms with Gasteiger partial charge in [0.25, 0.3) is 5.91 Å². The number of amides is 1. The third kappa shape index (κ3) is 3.52. The molecule has 1 fully saturated rings. The quantitative estimate of drug-likeness (QED) is 0.497. The molecule has 0 aliphatic heterocycles. The molecular formula is C21H18ClN5OS. The highest BCUT2D eigenvalue weighted by Crippen LogP contribution is 2.44. The van der Waals surface area contributed by atoms with Crippen molar-refractivity contribution in [3.05, 3.63) is 75.1 Å². The van der Waals surface area contributed by atoms with Gasteiger partial charge < -0.3 is 0 Å². The second kappa shape index (κ2) is 7.24. The molecule has 3 aromatic heterocycles. The Morgan fingerprint density at radius 1 is 1.31 bits per heavy atom. The van der Waals surface area contributed by atoms with E-state index >= 15 is 0 Å². The smallest absolute Gasteiger partial charge is 0.263 e. The first-order valence-electron chi connectivity index (χ1n) is 9.44. The van der Waals surface area contributed by atoms with Crippen molar-refractivity contribution < 1.29 is 4.79 Å². The lowest BCUT2D eigenvalue weighted by molar-refractivity contribution is 0.102. The maximum absolute atomic E-state index is 13.0. The van der Waals surface area contributed by atoms with Crippen molar-refractivity contribution in [3.8, 4) is 0 Å². The van der Waals surface area contributed by atoms with Crippen LogP contribution >= 0.6 is 22.9 Å². The fourth-order valence-corrected chi connectivity index (χ4v) is 4.72. The van der Waals surface area contributed by atoms with Gasteiger partial charge in [-0.2, -0.15) is 5.10 Å². The Labute approximate surface area is 176 Å². The molecule has 5 rings (SSSR count). The number of rotatable bonds is 5. The van der Waals surface area contributed by atoms with Gasteiger partial charge in [-0.3, -0.25) is 10.1 Å². The second-order valence-electron chi connectivity index (χ2n) is 7.17. The van der Waals surface area contributed by atoms with Crippen molar-refractivity contribution in [2.75, 3.05) is 5.32 Å². The fraction of sp³-hybridized carbons (Fsp3) is 0.238. The summed E-state index contributed by atoms with van der Waals surface area (Å²) in [6, 6.07) is 9.63. The number of carbonyl (C=O) groups is 1. The number of benzene rings is 1. The van der Waals surface area contributed by atoms with Crippen LogP contribution in [0.25, 0.3) is 5.65 Å². The average Bonchev–Trinajstić information content (AvgIpc) is 3.38. The number of halogens is 1. The molecule has 1 amide bonds. The number of anilines is 1. The Balaban J connectivity index is 1.45. The summed E-state index contributed by atoms with van der Waals surface area (Å²) < 4.78 is 1.62. The molecule has 0 unspecified atom stereocenters. The van der Waals surface area contributed by atoms with Gasteiger partial charge in [0.2, 0.25) is 0 Å². The SMILES string of the molecule is Cc1nn2cccnc2c1C(=O)Nc1nc(C2CC2)c(Cc2ccccc2Cl)s1. The lowest BCUT2D eigenvalue weighted by atomic mass is 10.1. The topological polar surface area (TPSA) is 72.2 Å². The van der Waals surface area contributed by atoms with Crippen LogP contribution in [-0.4, -0.2) is 25.5 Å². The molecule has 8 heteroatoms. The molecule has 1 saturated carbocycles. The Hall–Kier alpha value is -2.77. The largest absolute Gasteiger partial charge is 0.298 e. The van der Waals surface area contributed by atoms with Crippen molar-refractivity contribution >= 4 is 39.6 Å². The lowest BCUT2D eigenvalue weighted by Gasteiger charge is -2.03. The van der Waals surface area contributed by atoms with Crippen LogP contribution in [0.1, 0.15) is 50.9 Å². The molecular weight excluding hydrogens is 406 g/mol. The molecule has 3 heterocycles. The highest BCUT2D eigenvalue weighted by atomic mass is 35.5. The van der Waals surface area contributed by atoms with Gasteiger partial charge in [0.15, 0.2) is 10.8 Å². The molecule has 1 aromatic carbocycles. The van der Waals surface area contributed by atoms with Gasteiger partial charge in [-0.25, -0.2) is 14.5 Å². The van der Waals surface area contributed by atoms with Crippen LogP contribution in [0.4, 0.5) is 5.13 Å². The minimum Gasteiger partial charge on any atom is -0.298 e. The van der Waals surface area contributed by atoms with Gasteiger partial charge in [-0.1, -0.05) is 29.8 Å². The van der Waals surface area contributed by atoms with Crippen LogP contribution in [0.2, 0.25) is 5.02 Å². The molecule has 0 spiro atoms. The predicted molar refractivity (Wildman–Crippen MR) is 114 cm³/mol. The Kier molecular flexibility index (Phi) is 4.56. The highest BCUT2D eigenvalue weighted by Gasteiger charge is 2.30. The Morgan fingerprint density at radius 2 is 2.14 bits per heavy atom. The number of aryl methyl sites for hydroxylation is 1. The zero-order valence-corrected chi connectivity index (χ0v) is 17.3. The van der Waals surface area contributed by atoms with E-state index < -0.39 is 0 Å². The summed E-state index contributed by atoms with van der Waals surface area (Å²) in [6.45, 7) is 1.81. The number of thiazole rings is 1. The van der Waals surface area contributed by atoms with Gasteiger partial charge >= 0.3 is 0 Å². The van der Waals surface area contributed by atoms with Crippen molar-refractivity contribution in [2.24, 2.45) is 0 Å². The minimum atomic E-state index is -0.239. The van der Waals surface area contributed by atoms with E-state index in [0.717, 1.165) is 40.4 Å². The van der Waals surface area contributed by atoms with E-state index in [1.807, 2.05) is 31.2 Å². The molecule has 6 nitrogen and oxygen atoms in total. The number of nitrogens with one attached hydrogen (secondary N) is 1. The third-order valence-electron chi connectivity index (χ3n) is 5.02. The number of hydrogen-bond donors (Lipinski definition) is 1. The number of aromatic nitrogens is 4. The van der Waals surface area contributed by atoms with Crippen LogP contribution in [0.3, 0.4) is 0 Å². The number of hydrogen-bond acceptors (Lipinski definition) is 5. The Bertz CT molecular complexity index is 1230. The lowest BCUT2D eigenvalue weighted by Crippen LogP contribution is -2.13. The summed E-state index contributed by atoms with van der Waals surface area (Å²) in [5, 5.41) is 8.68. The molecule has 0 bridgehead atoms. The van der Waals surface area contributed by atoms with Gasteiger partial charge in [0.05, 0.1) is 11.4 Å². The Morgan fingerprint density at radius 3 is 2.93 bits per heavy atom. The van der Waals surface area contributed by atoms with E-state index in [1.165, 1.54) is 11.3 Å². The molecule has 0 radical (unpaired) electrons. The molecule has 0 saturated heterocycles. The van der Waals surface area contributed by atoms with Crippen molar-refractivity contribution in [1.82, 2.24) is 19.6 Å². The summed E-state index contributed by atoms with van der Waals surface area (Å²) >= 11 is 7.87. The first-order chi connectivity index (χ1) is 14.1. The van der Waals surface area contributed by atoms with Crippen LogP contribution < -0.4 is 5.32 Å².